The van der Waals surface area contributed by atoms with Gasteiger partial charge in [0.2, 0.25) is 0 Å². The molecule has 3 nitrogen and oxygen atoms in total. The lowest BCUT2D eigenvalue weighted by Gasteiger charge is -2.58. The number of rotatable bonds is 4. The van der Waals surface area contributed by atoms with Crippen molar-refractivity contribution in [2.24, 2.45) is 46.3 Å². The fraction of sp³-hybridized carbons (Fsp3) is 0.840. The van der Waals surface area contributed by atoms with Gasteiger partial charge < -0.3 is 4.74 Å². The number of fused-ring (bicyclic) bond motifs is 5. The number of ether oxygens (including phenoxy) is 1. The Morgan fingerprint density at radius 2 is 2.04 bits per heavy atom. The lowest BCUT2D eigenvalue weighted by atomic mass is 9.46. The highest BCUT2D eigenvalue weighted by Crippen LogP contribution is 2.65. The van der Waals surface area contributed by atoms with Gasteiger partial charge in [0.05, 0.1) is 7.11 Å². The van der Waals surface area contributed by atoms with E-state index in [1.807, 2.05) is 0 Å². The largest absolute Gasteiger partial charge is 0.469 e. The number of hydrogen-bond donors (Lipinski definition) is 0. The molecule has 0 aromatic carbocycles. The first-order chi connectivity index (χ1) is 13.3. The van der Waals surface area contributed by atoms with Gasteiger partial charge in [-0.1, -0.05) is 32.9 Å². The first kappa shape index (κ1) is 20.2. The number of allylic oxidation sites excluding steroid dienone is 2. The Morgan fingerprint density at radius 3 is 2.79 bits per heavy atom. The second-order valence-corrected chi connectivity index (χ2v) is 10.8. The second kappa shape index (κ2) is 7.29. The van der Waals surface area contributed by atoms with Gasteiger partial charge in [0.1, 0.15) is 5.78 Å². The molecule has 0 saturated heterocycles. The number of hydrogen-bond acceptors (Lipinski definition) is 3. The van der Waals surface area contributed by atoms with Crippen LogP contribution in [0.3, 0.4) is 0 Å². The standard InChI is InChI=1S/C25H38O3/c1-16(5-10-23(27)28-4)20-8-9-21-19-7-6-17-15-18(26)11-13-24(17,2)22(19)12-14-25(20,21)3/h12,14,16-17,19-22H,5-11,13,15H2,1-4H3/t16-,17-,19+,20-,21+,22+,24-,25-/m0/s1. The molecular formula is C25H38O3. The van der Waals surface area contributed by atoms with Gasteiger partial charge in [-0.25, -0.2) is 0 Å². The van der Waals surface area contributed by atoms with E-state index in [9.17, 15) is 9.59 Å². The molecule has 4 rings (SSSR count). The lowest BCUT2D eigenvalue weighted by molar-refractivity contribution is -0.141. The van der Waals surface area contributed by atoms with Crippen LogP contribution in [0.4, 0.5) is 0 Å². The lowest BCUT2D eigenvalue weighted by Crippen LogP contribution is -2.51. The number of carbonyl (C=O) groups excluding carboxylic acids is 2. The van der Waals surface area contributed by atoms with E-state index in [-0.39, 0.29) is 11.4 Å². The maximum atomic E-state index is 12.1. The molecule has 0 aromatic heterocycles. The fourth-order valence-corrected chi connectivity index (χ4v) is 8.01. The van der Waals surface area contributed by atoms with Crippen molar-refractivity contribution < 1.29 is 14.3 Å². The van der Waals surface area contributed by atoms with Gasteiger partial charge in [0.25, 0.3) is 0 Å². The summed E-state index contributed by atoms with van der Waals surface area (Å²) in [7, 11) is 1.49. The summed E-state index contributed by atoms with van der Waals surface area (Å²) >= 11 is 0. The zero-order chi connectivity index (χ0) is 20.1. The van der Waals surface area contributed by atoms with Crippen LogP contribution in [0.1, 0.15) is 78.6 Å². The van der Waals surface area contributed by atoms with Gasteiger partial charge in [-0.3, -0.25) is 9.59 Å². The quantitative estimate of drug-likeness (QED) is 0.468. The molecule has 0 unspecified atom stereocenters. The molecule has 4 aliphatic carbocycles. The number of esters is 1. The summed E-state index contributed by atoms with van der Waals surface area (Å²) in [5, 5.41) is 0. The van der Waals surface area contributed by atoms with Crippen LogP contribution in [0.5, 0.6) is 0 Å². The third-order valence-electron chi connectivity index (χ3n) is 9.70. The van der Waals surface area contributed by atoms with Crippen LogP contribution in [0.15, 0.2) is 12.2 Å². The molecule has 156 valence electrons. The van der Waals surface area contributed by atoms with Crippen LogP contribution < -0.4 is 0 Å². The fourth-order valence-electron chi connectivity index (χ4n) is 8.01. The summed E-state index contributed by atoms with van der Waals surface area (Å²) in [6.07, 6.45) is 14.5. The Kier molecular flexibility index (Phi) is 5.25. The van der Waals surface area contributed by atoms with Gasteiger partial charge in [-0.15, -0.1) is 0 Å². The summed E-state index contributed by atoms with van der Waals surface area (Å²) in [4.78, 5) is 23.7. The molecule has 3 fully saturated rings. The Bertz CT molecular complexity index is 667. The van der Waals surface area contributed by atoms with E-state index in [4.69, 9.17) is 4.74 Å². The van der Waals surface area contributed by atoms with Crippen molar-refractivity contribution in [2.75, 3.05) is 7.11 Å². The van der Waals surface area contributed by atoms with Gasteiger partial charge in [-0.2, -0.15) is 0 Å². The minimum Gasteiger partial charge on any atom is -0.469 e. The van der Waals surface area contributed by atoms with Crippen molar-refractivity contribution in [1.82, 2.24) is 0 Å². The topological polar surface area (TPSA) is 43.4 Å². The van der Waals surface area contributed by atoms with Gasteiger partial charge in [-0.05, 0) is 84.9 Å². The molecule has 0 aromatic rings. The van der Waals surface area contributed by atoms with Gasteiger partial charge >= 0.3 is 5.97 Å². The van der Waals surface area contributed by atoms with Crippen molar-refractivity contribution in [3.63, 3.8) is 0 Å². The molecule has 4 aliphatic rings. The van der Waals surface area contributed by atoms with E-state index in [1.54, 1.807) is 0 Å². The maximum Gasteiger partial charge on any atom is 0.305 e. The van der Waals surface area contributed by atoms with E-state index in [0.717, 1.165) is 37.5 Å². The highest BCUT2D eigenvalue weighted by atomic mass is 16.5. The van der Waals surface area contributed by atoms with Crippen LogP contribution in [0.25, 0.3) is 0 Å². The van der Waals surface area contributed by atoms with Crippen molar-refractivity contribution in [1.29, 1.82) is 0 Å². The number of methoxy groups -OCH3 is 1. The van der Waals surface area contributed by atoms with Crippen molar-refractivity contribution in [3.05, 3.63) is 12.2 Å². The molecule has 0 amide bonds. The summed E-state index contributed by atoms with van der Waals surface area (Å²) in [5.41, 5.74) is 0.591. The number of ketones is 1. The van der Waals surface area contributed by atoms with E-state index < -0.39 is 0 Å². The Balaban J connectivity index is 1.54. The highest BCUT2D eigenvalue weighted by Gasteiger charge is 2.58. The van der Waals surface area contributed by atoms with Crippen LogP contribution in [-0.4, -0.2) is 18.9 Å². The summed E-state index contributed by atoms with van der Waals surface area (Å²) in [6, 6.07) is 0. The first-order valence-electron chi connectivity index (χ1n) is 11.6. The molecule has 3 heteroatoms. The van der Waals surface area contributed by atoms with Crippen LogP contribution in [0, 0.1) is 46.3 Å². The summed E-state index contributed by atoms with van der Waals surface area (Å²) in [6.45, 7) is 7.32. The summed E-state index contributed by atoms with van der Waals surface area (Å²) < 4.78 is 4.86. The molecule has 0 aliphatic heterocycles. The number of Topliss-reactive ketones (excluding diaryl/α,β-unsaturated/α-hetero) is 1. The van der Waals surface area contributed by atoms with Gasteiger partial charge in [0.15, 0.2) is 0 Å². The minimum absolute atomic E-state index is 0.0797. The molecule has 0 heterocycles. The number of carbonyl (C=O) groups is 2. The van der Waals surface area contributed by atoms with E-state index >= 15 is 0 Å². The molecule has 0 bridgehead atoms. The summed E-state index contributed by atoms with van der Waals surface area (Å²) in [5.74, 6) is 4.43. The SMILES string of the molecule is COC(=O)CC[C@H](C)[C@@H]1CC[C@@H]2[C@H]3CC[C@H]4CC(=O)CC[C@]4(C)[C@@H]3C=C[C@]21C. The molecule has 0 N–H and O–H groups in total. The predicted octanol–water partition coefficient (Wildman–Crippen LogP) is 5.58. The molecule has 0 radical (unpaired) electrons. The normalized spacial score (nSPS) is 45.7. The van der Waals surface area contributed by atoms with Crippen LogP contribution >= 0.6 is 0 Å². The highest BCUT2D eigenvalue weighted by molar-refractivity contribution is 5.79. The first-order valence-corrected chi connectivity index (χ1v) is 11.6. The Labute approximate surface area is 170 Å². The average Bonchev–Trinajstić information content (AvgIpc) is 3.03. The monoisotopic (exact) mass is 386 g/mol. The predicted molar refractivity (Wildman–Crippen MR) is 111 cm³/mol. The Morgan fingerprint density at radius 1 is 1.25 bits per heavy atom. The van der Waals surface area contributed by atoms with E-state index in [1.165, 1.54) is 32.8 Å². The van der Waals surface area contributed by atoms with Crippen LogP contribution in [-0.2, 0) is 14.3 Å². The average molecular weight is 387 g/mol. The third kappa shape index (κ3) is 3.08. The molecule has 8 atom stereocenters. The van der Waals surface area contributed by atoms with E-state index in [0.29, 0.717) is 41.3 Å². The van der Waals surface area contributed by atoms with Crippen LogP contribution in [0.2, 0.25) is 0 Å². The van der Waals surface area contributed by atoms with Crippen molar-refractivity contribution >= 4 is 11.8 Å². The zero-order valence-electron chi connectivity index (χ0n) is 18.2. The van der Waals surface area contributed by atoms with Crippen molar-refractivity contribution in [2.45, 2.75) is 78.6 Å². The maximum absolute atomic E-state index is 12.1. The third-order valence-corrected chi connectivity index (χ3v) is 9.70. The smallest absolute Gasteiger partial charge is 0.305 e. The zero-order valence-corrected chi connectivity index (χ0v) is 18.2. The van der Waals surface area contributed by atoms with Crippen molar-refractivity contribution in [3.8, 4) is 0 Å². The molecule has 0 spiro atoms. The minimum atomic E-state index is -0.0797. The van der Waals surface area contributed by atoms with E-state index in [2.05, 4.69) is 32.9 Å². The van der Waals surface area contributed by atoms with Gasteiger partial charge in [0, 0.05) is 19.3 Å². The second-order valence-electron chi connectivity index (χ2n) is 10.8. The Hall–Kier alpha value is -1.12. The molecule has 28 heavy (non-hydrogen) atoms. The molecular weight excluding hydrogens is 348 g/mol. The molecule has 3 saturated carbocycles.